The van der Waals surface area contributed by atoms with Gasteiger partial charge in [-0.25, -0.2) is 9.37 Å². The molecule has 5 rings (SSSR count). The Morgan fingerprint density at radius 1 is 1.16 bits per heavy atom. The number of nitrogens with two attached hydrogens (primary N) is 1. The highest BCUT2D eigenvalue weighted by Gasteiger charge is 2.36. The van der Waals surface area contributed by atoms with Crippen LogP contribution in [0.2, 0.25) is 0 Å². The molecule has 2 aliphatic heterocycles. The second-order valence-electron chi connectivity index (χ2n) is 7.67. The van der Waals surface area contributed by atoms with Crippen molar-refractivity contribution in [2.45, 2.75) is 25.3 Å². The smallest absolute Gasteiger partial charge is 0.383 e. The summed E-state index contributed by atoms with van der Waals surface area (Å²) in [4.78, 5) is 22.4. The molecule has 0 unspecified atom stereocenters. The Morgan fingerprint density at radius 3 is 2.58 bits per heavy atom. The molecule has 160 valence electrons. The van der Waals surface area contributed by atoms with Crippen molar-refractivity contribution in [1.82, 2.24) is 14.9 Å². The SMILES string of the molecule is Nc1nc2cc(F)c(C(=O)N3CC(c4ccc(C(F)(F)F)cn4)C3)cc2c2c1COC2. The number of amides is 1. The van der Waals surface area contributed by atoms with Crippen LogP contribution < -0.4 is 5.73 Å². The zero-order valence-electron chi connectivity index (χ0n) is 16.0. The monoisotopic (exact) mass is 432 g/mol. The van der Waals surface area contributed by atoms with Crippen LogP contribution in [0.25, 0.3) is 10.9 Å². The van der Waals surface area contributed by atoms with Crippen molar-refractivity contribution in [3.8, 4) is 0 Å². The Kier molecular flexibility index (Phi) is 4.37. The lowest BCUT2D eigenvalue weighted by molar-refractivity contribution is -0.137. The largest absolute Gasteiger partial charge is 0.417 e. The normalized spacial score (nSPS) is 16.5. The van der Waals surface area contributed by atoms with E-state index in [9.17, 15) is 22.4 Å². The van der Waals surface area contributed by atoms with Gasteiger partial charge in [0.1, 0.15) is 11.6 Å². The van der Waals surface area contributed by atoms with Crippen LogP contribution in [0.4, 0.5) is 23.4 Å². The highest BCUT2D eigenvalue weighted by atomic mass is 19.4. The predicted octanol–water partition coefficient (Wildman–Crippen LogP) is 3.64. The number of pyridine rings is 2. The Labute approximate surface area is 173 Å². The van der Waals surface area contributed by atoms with E-state index < -0.39 is 23.5 Å². The number of hydrogen-bond acceptors (Lipinski definition) is 5. The minimum Gasteiger partial charge on any atom is -0.383 e. The highest BCUT2D eigenvalue weighted by molar-refractivity contribution is 6.00. The molecule has 4 heterocycles. The standard InChI is InChI=1S/C21H16F4N4O2/c22-16-4-18-12(14-8-31-9-15(14)19(26)28-18)3-13(16)20(30)29-6-10(7-29)17-2-1-11(5-27-17)21(23,24)25/h1-5,10H,6-9H2,(H2,26,28). The van der Waals surface area contributed by atoms with Gasteiger partial charge in [0.05, 0.1) is 29.9 Å². The molecular weight excluding hydrogens is 416 g/mol. The minimum atomic E-state index is -4.45. The molecule has 0 radical (unpaired) electrons. The van der Waals surface area contributed by atoms with Crippen LogP contribution in [-0.4, -0.2) is 33.9 Å². The number of rotatable bonds is 2. The molecule has 2 N–H and O–H groups in total. The van der Waals surface area contributed by atoms with Crippen LogP contribution in [0, 0.1) is 5.82 Å². The van der Waals surface area contributed by atoms with E-state index in [1.54, 1.807) is 0 Å². The molecule has 2 aliphatic rings. The first-order valence-corrected chi connectivity index (χ1v) is 9.53. The van der Waals surface area contributed by atoms with Crippen molar-refractivity contribution in [3.05, 3.63) is 64.2 Å². The molecule has 0 aliphatic carbocycles. The lowest BCUT2D eigenvalue weighted by Crippen LogP contribution is -2.49. The molecule has 0 bridgehead atoms. The fourth-order valence-corrected chi connectivity index (χ4v) is 3.97. The third-order valence-corrected chi connectivity index (χ3v) is 5.75. The minimum absolute atomic E-state index is 0.0907. The maximum atomic E-state index is 14.7. The van der Waals surface area contributed by atoms with Crippen LogP contribution >= 0.6 is 0 Å². The average molecular weight is 432 g/mol. The number of benzene rings is 1. The van der Waals surface area contributed by atoms with E-state index in [4.69, 9.17) is 10.5 Å². The Bertz CT molecular complexity index is 1200. The summed E-state index contributed by atoms with van der Waals surface area (Å²) in [6.07, 6.45) is -3.67. The third kappa shape index (κ3) is 3.27. The number of anilines is 1. The molecule has 0 atom stereocenters. The van der Waals surface area contributed by atoms with Gasteiger partial charge >= 0.3 is 6.18 Å². The summed E-state index contributed by atoms with van der Waals surface area (Å²) in [6, 6.07) is 4.94. The second-order valence-corrected chi connectivity index (χ2v) is 7.67. The van der Waals surface area contributed by atoms with E-state index in [0.29, 0.717) is 29.8 Å². The van der Waals surface area contributed by atoms with E-state index in [-0.39, 0.29) is 30.4 Å². The number of alkyl halides is 3. The van der Waals surface area contributed by atoms with Crippen molar-refractivity contribution < 1.29 is 27.1 Å². The van der Waals surface area contributed by atoms with Gasteiger partial charge in [0.25, 0.3) is 5.91 Å². The summed E-state index contributed by atoms with van der Waals surface area (Å²) in [7, 11) is 0. The summed E-state index contributed by atoms with van der Waals surface area (Å²) in [5, 5.41) is 0.618. The number of hydrogen-bond donors (Lipinski definition) is 1. The van der Waals surface area contributed by atoms with Crippen LogP contribution in [0.1, 0.15) is 38.7 Å². The van der Waals surface area contributed by atoms with Crippen LogP contribution in [0.5, 0.6) is 0 Å². The summed E-state index contributed by atoms with van der Waals surface area (Å²) >= 11 is 0. The van der Waals surface area contributed by atoms with Crippen molar-refractivity contribution in [2.75, 3.05) is 18.8 Å². The van der Waals surface area contributed by atoms with E-state index in [1.165, 1.54) is 23.1 Å². The fraction of sp³-hybridized carbons (Fsp3) is 0.286. The first-order chi connectivity index (χ1) is 14.7. The van der Waals surface area contributed by atoms with Gasteiger partial charge in [-0.15, -0.1) is 0 Å². The number of nitrogen functional groups attached to an aromatic ring is 1. The lowest BCUT2D eigenvalue weighted by atomic mass is 9.94. The van der Waals surface area contributed by atoms with Crippen LogP contribution in [-0.2, 0) is 24.1 Å². The van der Waals surface area contributed by atoms with Gasteiger partial charge in [-0.3, -0.25) is 9.78 Å². The van der Waals surface area contributed by atoms with Crippen LogP contribution in [0.3, 0.4) is 0 Å². The number of ether oxygens (including phenoxy) is 1. The molecule has 6 nitrogen and oxygen atoms in total. The summed E-state index contributed by atoms with van der Waals surface area (Å²) in [5.74, 6) is -1.12. The number of halogens is 4. The van der Waals surface area contributed by atoms with Gasteiger partial charge in [-0.05, 0) is 23.8 Å². The van der Waals surface area contributed by atoms with Crippen molar-refractivity contribution >= 4 is 22.6 Å². The average Bonchev–Trinajstić information content (AvgIpc) is 3.17. The van der Waals surface area contributed by atoms with E-state index in [2.05, 4.69) is 9.97 Å². The van der Waals surface area contributed by atoms with Crippen molar-refractivity contribution in [1.29, 1.82) is 0 Å². The number of carbonyl (C=O) groups is 1. The first kappa shape index (κ1) is 19.7. The number of aromatic nitrogens is 2. The van der Waals surface area contributed by atoms with Crippen LogP contribution in [0.15, 0.2) is 30.5 Å². The predicted molar refractivity (Wildman–Crippen MR) is 102 cm³/mol. The zero-order valence-corrected chi connectivity index (χ0v) is 16.0. The van der Waals surface area contributed by atoms with E-state index in [1.807, 2.05) is 0 Å². The molecule has 1 saturated heterocycles. The maximum Gasteiger partial charge on any atom is 0.417 e. The highest BCUT2D eigenvalue weighted by Crippen LogP contribution is 2.34. The van der Waals surface area contributed by atoms with Crippen molar-refractivity contribution in [2.24, 2.45) is 0 Å². The van der Waals surface area contributed by atoms with Gasteiger partial charge in [0, 0.05) is 47.9 Å². The summed E-state index contributed by atoms with van der Waals surface area (Å²) in [5.41, 5.74) is 7.35. The van der Waals surface area contributed by atoms with Gasteiger partial charge in [-0.1, -0.05) is 0 Å². The molecule has 1 aromatic carbocycles. The van der Waals surface area contributed by atoms with Gasteiger partial charge in [-0.2, -0.15) is 13.2 Å². The first-order valence-electron chi connectivity index (χ1n) is 9.53. The molecule has 0 saturated carbocycles. The van der Waals surface area contributed by atoms with Crippen molar-refractivity contribution in [3.63, 3.8) is 0 Å². The number of likely N-dealkylation sites (tertiary alicyclic amines) is 1. The molecule has 1 fully saturated rings. The van der Waals surface area contributed by atoms with E-state index in [0.717, 1.165) is 23.4 Å². The number of carbonyl (C=O) groups excluding carboxylic acids is 1. The Morgan fingerprint density at radius 2 is 1.90 bits per heavy atom. The molecule has 1 amide bonds. The molecule has 10 heteroatoms. The summed E-state index contributed by atoms with van der Waals surface area (Å²) in [6.45, 7) is 1.12. The molecular formula is C21H16F4N4O2. The molecule has 31 heavy (non-hydrogen) atoms. The summed E-state index contributed by atoms with van der Waals surface area (Å²) < 4.78 is 58.1. The quantitative estimate of drug-likeness (QED) is 0.626. The number of fused-ring (bicyclic) bond motifs is 3. The Balaban J connectivity index is 1.37. The fourth-order valence-electron chi connectivity index (χ4n) is 3.97. The number of nitrogens with zero attached hydrogens (tertiary/aromatic N) is 3. The van der Waals surface area contributed by atoms with E-state index >= 15 is 0 Å². The molecule has 3 aromatic rings. The zero-order chi connectivity index (χ0) is 21.9. The second kappa shape index (κ2) is 6.88. The third-order valence-electron chi connectivity index (χ3n) is 5.75. The van der Waals surface area contributed by atoms with Gasteiger partial charge in [0.2, 0.25) is 0 Å². The Hall–Kier alpha value is -3.27. The molecule has 2 aromatic heterocycles. The maximum absolute atomic E-state index is 14.7. The van der Waals surface area contributed by atoms with Gasteiger partial charge in [0.15, 0.2) is 0 Å². The topological polar surface area (TPSA) is 81.3 Å². The lowest BCUT2D eigenvalue weighted by Gasteiger charge is -2.39. The van der Waals surface area contributed by atoms with Gasteiger partial charge < -0.3 is 15.4 Å². The molecule has 0 spiro atoms.